The second-order valence-corrected chi connectivity index (χ2v) is 11.7. The summed E-state index contributed by atoms with van der Waals surface area (Å²) in [5.74, 6) is 2.16. The van der Waals surface area contributed by atoms with E-state index in [1.165, 1.54) is 33.6 Å². The summed E-state index contributed by atoms with van der Waals surface area (Å²) >= 11 is 0. The SMILES string of the molecule is CCCC(Oc1ccc2c(c1)C(C)=CC(C)(C)N2)C(CC)COc1ccc2c(c1)C(C)=CC(C)(C)N2. The van der Waals surface area contributed by atoms with Crippen LogP contribution in [0.3, 0.4) is 0 Å². The third kappa shape index (κ3) is 5.91. The van der Waals surface area contributed by atoms with Crippen LogP contribution in [-0.4, -0.2) is 23.8 Å². The van der Waals surface area contributed by atoms with Crippen LogP contribution in [-0.2, 0) is 0 Å². The first-order valence-electron chi connectivity index (χ1n) is 13.5. The Hall–Kier alpha value is -2.88. The van der Waals surface area contributed by atoms with Gasteiger partial charge >= 0.3 is 0 Å². The fourth-order valence-electron chi connectivity index (χ4n) is 5.63. The van der Waals surface area contributed by atoms with Gasteiger partial charge in [-0.1, -0.05) is 32.4 Å². The van der Waals surface area contributed by atoms with Gasteiger partial charge in [0, 0.05) is 28.4 Å². The highest BCUT2D eigenvalue weighted by atomic mass is 16.5. The molecule has 4 rings (SSSR count). The molecular formula is C32H44N2O2. The minimum Gasteiger partial charge on any atom is -0.493 e. The van der Waals surface area contributed by atoms with Crippen LogP contribution in [0.2, 0.25) is 0 Å². The van der Waals surface area contributed by atoms with Gasteiger partial charge in [-0.15, -0.1) is 0 Å². The van der Waals surface area contributed by atoms with Gasteiger partial charge in [0.05, 0.1) is 17.7 Å². The van der Waals surface area contributed by atoms with Crippen LogP contribution < -0.4 is 20.1 Å². The van der Waals surface area contributed by atoms with E-state index in [0.717, 1.165) is 30.8 Å². The summed E-state index contributed by atoms with van der Waals surface area (Å²) in [6, 6.07) is 12.8. The van der Waals surface area contributed by atoms with E-state index in [9.17, 15) is 0 Å². The Balaban J connectivity index is 1.47. The van der Waals surface area contributed by atoms with Crippen LogP contribution in [0.1, 0.15) is 85.8 Å². The molecular weight excluding hydrogens is 444 g/mol. The average molecular weight is 489 g/mol. The number of fused-ring (bicyclic) bond motifs is 2. The molecule has 0 fully saturated rings. The van der Waals surface area contributed by atoms with Gasteiger partial charge in [-0.25, -0.2) is 0 Å². The van der Waals surface area contributed by atoms with Gasteiger partial charge in [-0.3, -0.25) is 0 Å². The van der Waals surface area contributed by atoms with E-state index in [1.807, 2.05) is 0 Å². The largest absolute Gasteiger partial charge is 0.493 e. The third-order valence-corrected chi connectivity index (χ3v) is 7.28. The molecule has 0 aromatic heterocycles. The van der Waals surface area contributed by atoms with Crippen LogP contribution in [0.15, 0.2) is 48.6 Å². The van der Waals surface area contributed by atoms with Crippen molar-refractivity contribution < 1.29 is 9.47 Å². The monoisotopic (exact) mass is 488 g/mol. The molecule has 0 saturated carbocycles. The lowest BCUT2D eigenvalue weighted by Gasteiger charge is -2.32. The second kappa shape index (κ2) is 10.2. The standard InChI is InChI=1S/C32H44N2O2/c1-9-11-30(36-25-13-15-29-27(17-25)22(4)19-32(7,8)34-29)23(10-2)20-35-24-12-14-28-26(16-24)21(3)18-31(5,6)33-28/h12-19,23,30,33-34H,9-11,20H2,1-8H3. The minimum atomic E-state index is -0.0356. The lowest BCUT2D eigenvalue weighted by Crippen LogP contribution is -2.32. The fourth-order valence-corrected chi connectivity index (χ4v) is 5.63. The fraction of sp³-hybridized carbons (Fsp3) is 0.500. The first-order chi connectivity index (χ1) is 17.0. The van der Waals surface area contributed by atoms with Crippen molar-refractivity contribution >= 4 is 22.5 Å². The molecule has 2 aliphatic heterocycles. The Bertz CT molecular complexity index is 1160. The Kier molecular flexibility index (Phi) is 7.45. The molecule has 0 spiro atoms. The molecule has 2 aromatic carbocycles. The van der Waals surface area contributed by atoms with Crippen molar-refractivity contribution in [2.24, 2.45) is 5.92 Å². The molecule has 0 radical (unpaired) electrons. The molecule has 4 heteroatoms. The van der Waals surface area contributed by atoms with Crippen molar-refractivity contribution in [2.75, 3.05) is 17.2 Å². The molecule has 4 nitrogen and oxygen atoms in total. The Labute approximate surface area is 218 Å². The Morgan fingerprint density at radius 1 is 0.778 bits per heavy atom. The number of ether oxygens (including phenoxy) is 2. The van der Waals surface area contributed by atoms with E-state index in [4.69, 9.17) is 9.47 Å². The van der Waals surface area contributed by atoms with Crippen LogP contribution in [0.25, 0.3) is 11.1 Å². The first-order valence-corrected chi connectivity index (χ1v) is 13.5. The smallest absolute Gasteiger partial charge is 0.120 e. The van der Waals surface area contributed by atoms with Gasteiger partial charge in [0.15, 0.2) is 0 Å². The van der Waals surface area contributed by atoms with Gasteiger partial charge in [-0.05, 0) is 102 Å². The zero-order chi connectivity index (χ0) is 26.1. The normalized spacial score (nSPS) is 18.9. The van der Waals surface area contributed by atoms with E-state index in [1.54, 1.807) is 0 Å². The molecule has 0 saturated heterocycles. The van der Waals surface area contributed by atoms with Crippen molar-refractivity contribution in [1.29, 1.82) is 0 Å². The Morgan fingerprint density at radius 2 is 1.31 bits per heavy atom. The highest BCUT2D eigenvalue weighted by molar-refractivity contribution is 5.81. The molecule has 2 aliphatic rings. The van der Waals surface area contributed by atoms with Crippen molar-refractivity contribution in [3.8, 4) is 11.5 Å². The lowest BCUT2D eigenvalue weighted by molar-refractivity contribution is 0.0848. The molecule has 0 amide bonds. The van der Waals surface area contributed by atoms with Gasteiger partial charge in [0.2, 0.25) is 0 Å². The molecule has 2 heterocycles. The first kappa shape index (κ1) is 26.2. The maximum absolute atomic E-state index is 6.64. The van der Waals surface area contributed by atoms with E-state index in [0.29, 0.717) is 12.5 Å². The molecule has 2 aromatic rings. The third-order valence-electron chi connectivity index (χ3n) is 7.28. The highest BCUT2D eigenvalue weighted by Crippen LogP contribution is 2.38. The molecule has 2 atom stereocenters. The second-order valence-electron chi connectivity index (χ2n) is 11.7. The number of rotatable bonds is 9. The predicted octanol–water partition coefficient (Wildman–Crippen LogP) is 8.55. The molecule has 2 unspecified atom stereocenters. The van der Waals surface area contributed by atoms with Crippen molar-refractivity contribution in [2.45, 2.75) is 91.8 Å². The number of hydrogen-bond acceptors (Lipinski definition) is 4. The molecule has 0 bridgehead atoms. The quantitative estimate of drug-likeness (QED) is 0.371. The van der Waals surface area contributed by atoms with Crippen LogP contribution in [0.5, 0.6) is 11.5 Å². The maximum atomic E-state index is 6.64. The van der Waals surface area contributed by atoms with Crippen molar-refractivity contribution in [1.82, 2.24) is 0 Å². The molecule has 2 N–H and O–H groups in total. The predicted molar refractivity (Wildman–Crippen MR) is 154 cm³/mol. The average Bonchev–Trinajstić information content (AvgIpc) is 2.79. The van der Waals surface area contributed by atoms with E-state index in [2.05, 4.69) is 115 Å². The zero-order valence-electron chi connectivity index (χ0n) is 23.4. The van der Waals surface area contributed by atoms with Crippen LogP contribution in [0.4, 0.5) is 11.4 Å². The summed E-state index contributed by atoms with van der Waals surface area (Å²) in [6.07, 6.45) is 7.76. The zero-order valence-corrected chi connectivity index (χ0v) is 23.4. The highest BCUT2D eigenvalue weighted by Gasteiger charge is 2.26. The maximum Gasteiger partial charge on any atom is 0.120 e. The van der Waals surface area contributed by atoms with Gasteiger partial charge in [0.1, 0.15) is 17.6 Å². The summed E-state index contributed by atoms with van der Waals surface area (Å²) < 4.78 is 13.0. The van der Waals surface area contributed by atoms with E-state index >= 15 is 0 Å². The summed E-state index contributed by atoms with van der Waals surface area (Å²) in [5, 5.41) is 7.21. The van der Waals surface area contributed by atoms with Crippen molar-refractivity contribution in [3.05, 3.63) is 59.7 Å². The summed E-state index contributed by atoms with van der Waals surface area (Å²) in [7, 11) is 0. The van der Waals surface area contributed by atoms with Gasteiger partial charge in [-0.2, -0.15) is 0 Å². The van der Waals surface area contributed by atoms with Gasteiger partial charge < -0.3 is 20.1 Å². The van der Waals surface area contributed by atoms with Crippen LogP contribution >= 0.6 is 0 Å². The minimum absolute atomic E-state index is 0.0330. The molecule has 36 heavy (non-hydrogen) atoms. The lowest BCUT2D eigenvalue weighted by atomic mass is 9.91. The van der Waals surface area contributed by atoms with Crippen molar-refractivity contribution in [3.63, 3.8) is 0 Å². The Morgan fingerprint density at radius 3 is 1.83 bits per heavy atom. The number of allylic oxidation sites excluding steroid dienone is 2. The summed E-state index contributed by atoms with van der Waals surface area (Å²) in [5.41, 5.74) is 7.28. The molecule has 0 aliphatic carbocycles. The molecule has 194 valence electrons. The number of nitrogens with one attached hydrogen (secondary N) is 2. The topological polar surface area (TPSA) is 42.5 Å². The summed E-state index contributed by atoms with van der Waals surface area (Å²) in [4.78, 5) is 0. The van der Waals surface area contributed by atoms with Crippen LogP contribution in [0, 0.1) is 5.92 Å². The van der Waals surface area contributed by atoms with Gasteiger partial charge in [0.25, 0.3) is 0 Å². The van der Waals surface area contributed by atoms with E-state index in [-0.39, 0.29) is 17.2 Å². The van der Waals surface area contributed by atoms with E-state index < -0.39 is 0 Å². The number of benzene rings is 2. The summed E-state index contributed by atoms with van der Waals surface area (Å²) in [6.45, 7) is 18.2. The number of hydrogen-bond donors (Lipinski definition) is 2. The number of anilines is 2.